The highest BCUT2D eigenvalue weighted by molar-refractivity contribution is 7.89. The fraction of sp³-hybridized carbons (Fsp3) is 0.533. The number of rotatable bonds is 4. The molecule has 6 nitrogen and oxygen atoms in total. The van der Waals surface area contributed by atoms with E-state index in [4.69, 9.17) is 0 Å². The zero-order valence-corrected chi connectivity index (χ0v) is 15.8. The van der Waals surface area contributed by atoms with Crippen LogP contribution in [0.1, 0.15) is 19.4 Å². The molecule has 0 aromatic heterocycles. The molecule has 1 saturated heterocycles. The first-order chi connectivity index (χ1) is 11.5. The third-order valence-electron chi connectivity index (χ3n) is 3.85. The lowest BCUT2D eigenvalue weighted by Gasteiger charge is -2.33. The summed E-state index contributed by atoms with van der Waals surface area (Å²) in [4.78, 5) is 13.4. The first kappa shape index (κ1) is 22.7. The van der Waals surface area contributed by atoms with Gasteiger partial charge in [-0.15, -0.1) is 12.4 Å². The van der Waals surface area contributed by atoms with E-state index >= 15 is 0 Å². The molecule has 0 aliphatic carbocycles. The molecule has 1 aliphatic rings. The molecule has 0 radical (unpaired) electrons. The summed E-state index contributed by atoms with van der Waals surface area (Å²) >= 11 is 0. The Morgan fingerprint density at radius 1 is 1.38 bits per heavy atom. The number of carbonyl (C=O) groups is 1. The van der Waals surface area contributed by atoms with Crippen molar-refractivity contribution in [3.63, 3.8) is 0 Å². The molecule has 1 amide bonds. The number of alkyl halides is 3. The van der Waals surface area contributed by atoms with Gasteiger partial charge in [-0.05, 0) is 32.0 Å². The number of hydrogen-bond acceptors (Lipinski definition) is 4. The molecule has 2 atom stereocenters. The molecule has 26 heavy (non-hydrogen) atoms. The largest absolute Gasteiger partial charge is 0.416 e. The zero-order chi connectivity index (χ0) is 18.8. The van der Waals surface area contributed by atoms with Crippen LogP contribution in [0, 0.1) is 0 Å². The third-order valence-corrected chi connectivity index (χ3v) is 5.39. The lowest BCUT2D eigenvalue weighted by Crippen LogP contribution is -2.55. The number of nitrogens with one attached hydrogen (secondary N) is 2. The molecule has 1 aromatic rings. The predicted octanol–water partition coefficient (Wildman–Crippen LogP) is 1.61. The molecule has 1 unspecified atom stereocenters. The Bertz CT molecular complexity index is 743. The third kappa shape index (κ3) is 5.57. The lowest BCUT2D eigenvalue weighted by molar-refractivity contribution is -0.137. The number of amides is 1. The van der Waals surface area contributed by atoms with E-state index in [0.717, 1.165) is 18.2 Å². The van der Waals surface area contributed by atoms with Crippen LogP contribution in [-0.2, 0) is 21.0 Å². The maximum absolute atomic E-state index is 12.7. The average Bonchev–Trinajstić information content (AvgIpc) is 2.53. The molecule has 1 aliphatic heterocycles. The molecule has 2 rings (SSSR count). The van der Waals surface area contributed by atoms with Crippen molar-refractivity contribution in [1.82, 2.24) is 14.9 Å². The minimum absolute atomic E-state index is 0. The Kier molecular flexibility index (Phi) is 7.46. The number of halogens is 4. The fourth-order valence-corrected chi connectivity index (χ4v) is 3.84. The Labute approximate surface area is 156 Å². The van der Waals surface area contributed by atoms with Gasteiger partial charge in [0.2, 0.25) is 15.9 Å². The van der Waals surface area contributed by atoms with E-state index in [0.29, 0.717) is 25.7 Å². The van der Waals surface area contributed by atoms with Crippen LogP contribution in [0.25, 0.3) is 0 Å². The Morgan fingerprint density at radius 3 is 2.62 bits per heavy atom. The quantitative estimate of drug-likeness (QED) is 0.783. The highest BCUT2D eigenvalue weighted by Gasteiger charge is 2.33. The molecule has 1 fully saturated rings. The molecule has 1 heterocycles. The van der Waals surface area contributed by atoms with Gasteiger partial charge < -0.3 is 10.2 Å². The molecule has 11 heteroatoms. The van der Waals surface area contributed by atoms with E-state index < -0.39 is 38.6 Å². The smallest absolute Gasteiger partial charge is 0.338 e. The standard InChI is InChI=1S/C15H20F3N3O3S.ClH/c1-10-9-21(7-6-19-10)14(22)11(2)20-25(23,24)13-5-3-4-12(8-13)15(16,17)18;/h3-5,8,10-11,19-20H,6-7,9H2,1-2H3;1H/t10-,11?;/m1./s1. The number of piperazine rings is 1. The maximum atomic E-state index is 12.7. The van der Waals surface area contributed by atoms with Gasteiger partial charge in [-0.3, -0.25) is 4.79 Å². The summed E-state index contributed by atoms with van der Waals surface area (Å²) in [5.41, 5.74) is -1.06. The van der Waals surface area contributed by atoms with Crippen LogP contribution in [0.2, 0.25) is 0 Å². The fourth-order valence-electron chi connectivity index (χ4n) is 2.60. The first-order valence-corrected chi connectivity index (χ1v) is 9.21. The van der Waals surface area contributed by atoms with Crippen molar-refractivity contribution in [1.29, 1.82) is 0 Å². The van der Waals surface area contributed by atoms with Crippen molar-refractivity contribution in [3.05, 3.63) is 29.8 Å². The highest BCUT2D eigenvalue weighted by atomic mass is 35.5. The van der Waals surface area contributed by atoms with E-state index in [2.05, 4.69) is 10.0 Å². The summed E-state index contributed by atoms with van der Waals surface area (Å²) in [7, 11) is -4.25. The van der Waals surface area contributed by atoms with Gasteiger partial charge >= 0.3 is 6.18 Å². The van der Waals surface area contributed by atoms with E-state index in [1.807, 2.05) is 6.92 Å². The average molecular weight is 416 g/mol. The molecule has 148 valence electrons. The Hall–Kier alpha value is -1.36. The van der Waals surface area contributed by atoms with Crippen LogP contribution in [0.4, 0.5) is 13.2 Å². The Morgan fingerprint density at radius 2 is 2.04 bits per heavy atom. The second-order valence-electron chi connectivity index (χ2n) is 6.01. The molecular weight excluding hydrogens is 395 g/mol. The highest BCUT2D eigenvalue weighted by Crippen LogP contribution is 2.30. The molecule has 1 aromatic carbocycles. The van der Waals surface area contributed by atoms with E-state index in [-0.39, 0.29) is 18.4 Å². The van der Waals surface area contributed by atoms with Crippen molar-refractivity contribution < 1.29 is 26.4 Å². The lowest BCUT2D eigenvalue weighted by atomic mass is 10.2. The van der Waals surface area contributed by atoms with Gasteiger partial charge in [0.1, 0.15) is 0 Å². The van der Waals surface area contributed by atoms with Crippen LogP contribution in [0.5, 0.6) is 0 Å². The van der Waals surface area contributed by atoms with Gasteiger partial charge in [0.25, 0.3) is 0 Å². The van der Waals surface area contributed by atoms with Gasteiger partial charge in [0.15, 0.2) is 0 Å². The molecular formula is C15H21ClF3N3O3S. The number of hydrogen-bond donors (Lipinski definition) is 2. The second-order valence-corrected chi connectivity index (χ2v) is 7.72. The van der Waals surface area contributed by atoms with Crippen molar-refractivity contribution in [3.8, 4) is 0 Å². The SMILES string of the molecule is CC(NS(=O)(=O)c1cccc(C(F)(F)F)c1)C(=O)N1CCN[C@H](C)C1.Cl. The van der Waals surface area contributed by atoms with Gasteiger partial charge in [0.05, 0.1) is 16.5 Å². The van der Waals surface area contributed by atoms with Gasteiger partial charge in [-0.25, -0.2) is 8.42 Å². The summed E-state index contributed by atoms with van der Waals surface area (Å²) in [5.74, 6) is -0.413. The van der Waals surface area contributed by atoms with Crippen molar-refractivity contribution >= 4 is 28.3 Å². The normalized spacial score (nSPS) is 19.6. The van der Waals surface area contributed by atoms with Crippen molar-refractivity contribution in [2.75, 3.05) is 19.6 Å². The van der Waals surface area contributed by atoms with E-state index in [1.165, 1.54) is 11.8 Å². The summed E-state index contributed by atoms with van der Waals surface area (Å²) in [6, 6.07) is 2.42. The van der Waals surface area contributed by atoms with Crippen LogP contribution in [-0.4, -0.2) is 50.9 Å². The summed E-state index contributed by atoms with van der Waals surface area (Å²) in [6.45, 7) is 4.75. The topological polar surface area (TPSA) is 78.5 Å². The molecule has 0 spiro atoms. The monoisotopic (exact) mass is 415 g/mol. The Balaban J connectivity index is 0.00000338. The van der Waals surface area contributed by atoms with Crippen LogP contribution in [0.3, 0.4) is 0 Å². The van der Waals surface area contributed by atoms with E-state index in [9.17, 15) is 26.4 Å². The molecule has 0 saturated carbocycles. The molecule has 2 N–H and O–H groups in total. The summed E-state index contributed by atoms with van der Waals surface area (Å²) < 4.78 is 65.0. The van der Waals surface area contributed by atoms with Crippen LogP contribution < -0.4 is 10.0 Å². The second kappa shape index (κ2) is 8.55. The van der Waals surface area contributed by atoms with E-state index in [1.54, 1.807) is 0 Å². The number of nitrogens with zero attached hydrogens (tertiary/aromatic N) is 1. The van der Waals surface area contributed by atoms with Crippen LogP contribution >= 0.6 is 12.4 Å². The maximum Gasteiger partial charge on any atom is 0.416 e. The number of sulfonamides is 1. The summed E-state index contributed by atoms with van der Waals surface area (Å²) in [6.07, 6.45) is -4.65. The first-order valence-electron chi connectivity index (χ1n) is 7.72. The summed E-state index contributed by atoms with van der Waals surface area (Å²) in [5, 5.41) is 3.16. The minimum Gasteiger partial charge on any atom is -0.338 e. The van der Waals surface area contributed by atoms with Gasteiger partial charge in [0, 0.05) is 25.7 Å². The number of carbonyl (C=O) groups excluding carboxylic acids is 1. The number of benzene rings is 1. The molecule has 0 bridgehead atoms. The van der Waals surface area contributed by atoms with Crippen LogP contribution in [0.15, 0.2) is 29.2 Å². The van der Waals surface area contributed by atoms with Gasteiger partial charge in [-0.2, -0.15) is 17.9 Å². The van der Waals surface area contributed by atoms with Crippen molar-refractivity contribution in [2.45, 2.75) is 37.0 Å². The predicted molar refractivity (Wildman–Crippen MR) is 92.5 cm³/mol. The van der Waals surface area contributed by atoms with Crippen molar-refractivity contribution in [2.24, 2.45) is 0 Å². The van der Waals surface area contributed by atoms with Gasteiger partial charge in [-0.1, -0.05) is 6.07 Å². The zero-order valence-electron chi connectivity index (χ0n) is 14.2. The minimum atomic E-state index is -4.65.